The van der Waals surface area contributed by atoms with E-state index in [4.69, 9.17) is 5.73 Å². The van der Waals surface area contributed by atoms with Crippen LogP contribution in [0, 0.1) is 5.92 Å². The Kier molecular flexibility index (Phi) is 3.64. The van der Waals surface area contributed by atoms with E-state index in [1.807, 2.05) is 6.92 Å². The zero-order valence-electron chi connectivity index (χ0n) is 10.8. The highest BCUT2D eigenvalue weighted by Gasteiger charge is 2.29. The van der Waals surface area contributed by atoms with Crippen LogP contribution in [-0.2, 0) is 16.4 Å². The third-order valence-electron chi connectivity index (χ3n) is 3.50. The summed E-state index contributed by atoms with van der Waals surface area (Å²) < 4.78 is 27.0. The fourth-order valence-corrected chi connectivity index (χ4v) is 3.64. The molecule has 1 aliphatic rings. The van der Waals surface area contributed by atoms with Gasteiger partial charge in [0.25, 0.3) is 0 Å². The molecule has 0 amide bonds. The molecule has 1 aliphatic carbocycles. The Bertz CT molecular complexity index is 534. The van der Waals surface area contributed by atoms with Gasteiger partial charge in [-0.25, -0.2) is 13.1 Å². The van der Waals surface area contributed by atoms with E-state index in [-0.39, 0.29) is 10.9 Å². The maximum Gasteiger partial charge on any atom is 0.240 e. The van der Waals surface area contributed by atoms with Crippen molar-refractivity contribution in [2.45, 2.75) is 44.0 Å². The maximum absolute atomic E-state index is 12.1. The molecule has 100 valence electrons. The van der Waals surface area contributed by atoms with Crippen LogP contribution in [0.3, 0.4) is 0 Å². The van der Waals surface area contributed by atoms with Crippen LogP contribution >= 0.6 is 0 Å². The van der Waals surface area contributed by atoms with Crippen LogP contribution in [0.25, 0.3) is 0 Å². The van der Waals surface area contributed by atoms with Crippen LogP contribution in [0.5, 0.6) is 0 Å². The zero-order chi connectivity index (χ0) is 13.3. The minimum atomic E-state index is -3.42. The van der Waals surface area contributed by atoms with E-state index >= 15 is 0 Å². The first kappa shape index (κ1) is 13.4. The fraction of sp³-hybridized carbons (Fsp3) is 0.538. The highest BCUT2D eigenvalue weighted by molar-refractivity contribution is 7.89. The van der Waals surface area contributed by atoms with Gasteiger partial charge in [-0.3, -0.25) is 0 Å². The molecule has 18 heavy (non-hydrogen) atoms. The summed E-state index contributed by atoms with van der Waals surface area (Å²) in [5.74, 6) is 0.616. The number of sulfonamides is 1. The van der Waals surface area contributed by atoms with Gasteiger partial charge in [-0.2, -0.15) is 0 Å². The van der Waals surface area contributed by atoms with Gasteiger partial charge >= 0.3 is 0 Å². The van der Waals surface area contributed by atoms with Crippen molar-refractivity contribution in [3.8, 4) is 0 Å². The number of anilines is 1. The van der Waals surface area contributed by atoms with Crippen molar-refractivity contribution in [3.05, 3.63) is 23.8 Å². The third-order valence-corrected chi connectivity index (χ3v) is 5.02. The summed E-state index contributed by atoms with van der Waals surface area (Å²) >= 11 is 0. The molecule has 0 radical (unpaired) electrons. The molecule has 0 bridgehead atoms. The summed E-state index contributed by atoms with van der Waals surface area (Å²) in [6.45, 7) is 4.12. The normalized spacial score (nSPS) is 23.7. The van der Waals surface area contributed by atoms with Crippen molar-refractivity contribution >= 4 is 15.7 Å². The molecule has 0 saturated heterocycles. The van der Waals surface area contributed by atoms with E-state index < -0.39 is 10.0 Å². The first-order valence-corrected chi connectivity index (χ1v) is 7.81. The maximum atomic E-state index is 12.1. The van der Waals surface area contributed by atoms with Crippen LogP contribution in [0.2, 0.25) is 0 Å². The van der Waals surface area contributed by atoms with Gasteiger partial charge in [0.05, 0.1) is 4.90 Å². The van der Waals surface area contributed by atoms with Gasteiger partial charge in [0.2, 0.25) is 10.0 Å². The Labute approximate surface area is 109 Å². The highest BCUT2D eigenvalue weighted by atomic mass is 32.2. The van der Waals surface area contributed by atoms with Crippen molar-refractivity contribution < 1.29 is 8.42 Å². The van der Waals surface area contributed by atoms with Crippen molar-refractivity contribution in [2.75, 3.05) is 5.73 Å². The molecule has 1 aromatic carbocycles. The smallest absolute Gasteiger partial charge is 0.240 e. The van der Waals surface area contributed by atoms with Gasteiger partial charge in [-0.15, -0.1) is 0 Å². The van der Waals surface area contributed by atoms with E-state index in [0.29, 0.717) is 11.6 Å². The van der Waals surface area contributed by atoms with Crippen molar-refractivity contribution in [1.82, 2.24) is 4.72 Å². The van der Waals surface area contributed by atoms with Gasteiger partial charge in [-0.1, -0.05) is 19.9 Å². The number of aryl methyl sites for hydroxylation is 1. The van der Waals surface area contributed by atoms with Gasteiger partial charge in [-0.05, 0) is 42.9 Å². The average molecular weight is 268 g/mol. The quantitative estimate of drug-likeness (QED) is 0.819. The van der Waals surface area contributed by atoms with Crippen LogP contribution in [0.15, 0.2) is 23.1 Å². The molecule has 1 saturated carbocycles. The second-order valence-corrected chi connectivity index (χ2v) is 6.82. The molecule has 3 N–H and O–H groups in total. The van der Waals surface area contributed by atoms with Crippen LogP contribution in [-0.4, -0.2) is 14.5 Å². The summed E-state index contributed by atoms with van der Waals surface area (Å²) in [4.78, 5) is 0.261. The summed E-state index contributed by atoms with van der Waals surface area (Å²) in [6, 6.07) is 5.04. The highest BCUT2D eigenvalue weighted by Crippen LogP contribution is 2.28. The molecule has 5 heteroatoms. The first-order valence-electron chi connectivity index (χ1n) is 6.33. The lowest BCUT2D eigenvalue weighted by Crippen LogP contribution is -2.43. The molecule has 4 nitrogen and oxygen atoms in total. The lowest BCUT2D eigenvalue weighted by Gasteiger charge is -2.32. The lowest BCUT2D eigenvalue weighted by atomic mass is 9.83. The number of hydrogen-bond acceptors (Lipinski definition) is 3. The van der Waals surface area contributed by atoms with Crippen molar-refractivity contribution in [2.24, 2.45) is 5.92 Å². The summed E-state index contributed by atoms with van der Waals surface area (Å²) in [5, 5.41) is 0. The SMILES string of the molecule is CCc1ccc(S(=O)(=O)NC2CC(C)C2)cc1N. The number of nitrogen functional groups attached to an aromatic ring is 1. The van der Waals surface area contributed by atoms with Gasteiger partial charge in [0, 0.05) is 11.7 Å². The summed E-state index contributed by atoms with van der Waals surface area (Å²) in [6.07, 6.45) is 2.64. The van der Waals surface area contributed by atoms with Crippen LogP contribution in [0.4, 0.5) is 5.69 Å². The first-order chi connectivity index (χ1) is 8.42. The minimum absolute atomic E-state index is 0.0806. The van der Waals surface area contributed by atoms with E-state index in [2.05, 4.69) is 11.6 Å². The monoisotopic (exact) mass is 268 g/mol. The van der Waals surface area contributed by atoms with E-state index in [9.17, 15) is 8.42 Å². The summed E-state index contributed by atoms with van der Waals surface area (Å²) in [5.41, 5.74) is 7.36. The zero-order valence-corrected chi connectivity index (χ0v) is 11.6. The van der Waals surface area contributed by atoms with Crippen LogP contribution < -0.4 is 10.5 Å². The predicted molar refractivity (Wildman–Crippen MR) is 72.7 cm³/mol. The molecule has 0 aromatic heterocycles. The standard InChI is InChI=1S/C13H20N2O2S/c1-3-10-4-5-12(8-13(10)14)18(16,17)15-11-6-9(2)7-11/h4-5,8-9,11,15H,3,6-7,14H2,1-2H3. The number of benzene rings is 1. The van der Waals surface area contributed by atoms with Gasteiger partial charge < -0.3 is 5.73 Å². The number of hydrogen-bond donors (Lipinski definition) is 2. The molecule has 1 fully saturated rings. The third kappa shape index (κ3) is 2.67. The molecule has 0 atom stereocenters. The van der Waals surface area contributed by atoms with Crippen molar-refractivity contribution in [1.29, 1.82) is 0 Å². The predicted octanol–water partition coefficient (Wildman–Crippen LogP) is 1.91. The molecule has 2 rings (SSSR count). The molecule has 1 aromatic rings. The van der Waals surface area contributed by atoms with Crippen molar-refractivity contribution in [3.63, 3.8) is 0 Å². The molecule has 0 spiro atoms. The van der Waals surface area contributed by atoms with E-state index in [1.165, 1.54) is 0 Å². The minimum Gasteiger partial charge on any atom is -0.398 e. The van der Waals surface area contributed by atoms with Gasteiger partial charge in [0.15, 0.2) is 0 Å². The van der Waals surface area contributed by atoms with E-state index in [0.717, 1.165) is 24.8 Å². The van der Waals surface area contributed by atoms with Gasteiger partial charge in [0.1, 0.15) is 0 Å². The Balaban J connectivity index is 2.16. The van der Waals surface area contributed by atoms with Crippen LogP contribution in [0.1, 0.15) is 32.3 Å². The second kappa shape index (κ2) is 4.90. The molecular formula is C13H20N2O2S. The largest absolute Gasteiger partial charge is 0.398 e. The Hall–Kier alpha value is -1.07. The Morgan fingerprint density at radius 1 is 1.39 bits per heavy atom. The number of rotatable bonds is 4. The Morgan fingerprint density at radius 2 is 2.06 bits per heavy atom. The average Bonchev–Trinajstić information content (AvgIpc) is 2.26. The molecule has 0 aliphatic heterocycles. The second-order valence-electron chi connectivity index (χ2n) is 5.11. The molecular weight excluding hydrogens is 248 g/mol. The molecule has 0 unspecified atom stereocenters. The molecule has 0 heterocycles. The lowest BCUT2D eigenvalue weighted by molar-refractivity contribution is 0.270. The summed E-state index contributed by atoms with van der Waals surface area (Å²) in [7, 11) is -3.42. The van der Waals surface area contributed by atoms with E-state index in [1.54, 1.807) is 18.2 Å². The number of nitrogens with two attached hydrogens (primary N) is 1. The number of nitrogens with one attached hydrogen (secondary N) is 1. The Morgan fingerprint density at radius 3 is 2.56 bits per heavy atom. The topological polar surface area (TPSA) is 72.2 Å². The fourth-order valence-electron chi connectivity index (χ4n) is 2.35.